The number of nitrogens with zero attached hydrogens (tertiary/aromatic N) is 2. The number of ether oxygens (including phenoxy) is 2. The van der Waals surface area contributed by atoms with Crippen molar-refractivity contribution in [3.05, 3.63) is 59.7 Å². The molecular formula is C24H31N3O3. The number of rotatable bonds is 7. The van der Waals surface area contributed by atoms with E-state index in [2.05, 4.69) is 40.5 Å². The molecule has 1 saturated heterocycles. The van der Waals surface area contributed by atoms with E-state index in [0.717, 1.165) is 56.1 Å². The summed E-state index contributed by atoms with van der Waals surface area (Å²) in [5.41, 5.74) is 2.41. The summed E-state index contributed by atoms with van der Waals surface area (Å²) in [6, 6.07) is 16.5. The zero-order valence-electron chi connectivity index (χ0n) is 17.7. The van der Waals surface area contributed by atoms with E-state index in [1.807, 2.05) is 30.0 Å². The van der Waals surface area contributed by atoms with Gasteiger partial charge in [-0.05, 0) is 62.0 Å². The van der Waals surface area contributed by atoms with Crippen molar-refractivity contribution in [2.24, 2.45) is 5.92 Å². The van der Waals surface area contributed by atoms with Gasteiger partial charge in [-0.25, -0.2) is 4.79 Å². The molecule has 2 aromatic rings. The van der Waals surface area contributed by atoms with Crippen molar-refractivity contribution >= 4 is 6.03 Å². The smallest absolute Gasteiger partial charge is 0.317 e. The van der Waals surface area contributed by atoms with E-state index in [1.54, 1.807) is 0 Å². The Morgan fingerprint density at radius 2 is 1.83 bits per heavy atom. The molecule has 2 aliphatic heterocycles. The molecule has 0 unspecified atom stereocenters. The second-order valence-corrected chi connectivity index (χ2v) is 8.09. The molecule has 0 aromatic heterocycles. The van der Waals surface area contributed by atoms with Crippen LogP contribution in [0.4, 0.5) is 4.79 Å². The lowest BCUT2D eigenvalue weighted by Gasteiger charge is -2.32. The first-order chi connectivity index (χ1) is 14.7. The molecule has 4 rings (SSSR count). The molecule has 0 atom stereocenters. The van der Waals surface area contributed by atoms with Gasteiger partial charge in [0, 0.05) is 26.2 Å². The predicted octanol–water partition coefficient (Wildman–Crippen LogP) is 3.86. The summed E-state index contributed by atoms with van der Waals surface area (Å²) in [5.74, 6) is 2.07. The number of hydrogen-bond donors (Lipinski definition) is 1. The monoisotopic (exact) mass is 409 g/mol. The fourth-order valence-corrected chi connectivity index (χ4v) is 4.12. The van der Waals surface area contributed by atoms with Crippen LogP contribution in [0.3, 0.4) is 0 Å². The molecule has 160 valence electrons. The van der Waals surface area contributed by atoms with Crippen LogP contribution in [0.5, 0.6) is 11.5 Å². The van der Waals surface area contributed by atoms with Gasteiger partial charge in [0.05, 0.1) is 0 Å². The molecule has 2 heterocycles. The van der Waals surface area contributed by atoms with E-state index in [0.29, 0.717) is 19.0 Å². The maximum Gasteiger partial charge on any atom is 0.317 e. The number of carbonyl (C=O) groups is 1. The van der Waals surface area contributed by atoms with Gasteiger partial charge in [-0.1, -0.05) is 36.4 Å². The Balaban J connectivity index is 1.21. The molecule has 6 heteroatoms. The highest BCUT2D eigenvalue weighted by molar-refractivity contribution is 5.74. The van der Waals surface area contributed by atoms with Gasteiger partial charge in [0.2, 0.25) is 6.79 Å². The standard InChI is InChI=1S/C24H31N3O3/c1-2-27(17-21-8-9-22-23(14-21)30-18-29-22)24(28)25-15-19-10-12-26(13-11-19)16-20-6-4-3-5-7-20/h3-9,14,19H,2,10-13,15-18H2,1H3,(H,25,28). The summed E-state index contributed by atoms with van der Waals surface area (Å²) in [4.78, 5) is 17.0. The molecule has 0 saturated carbocycles. The number of urea groups is 1. The van der Waals surface area contributed by atoms with Gasteiger partial charge >= 0.3 is 6.03 Å². The van der Waals surface area contributed by atoms with Crippen molar-refractivity contribution in [3.8, 4) is 11.5 Å². The van der Waals surface area contributed by atoms with Crippen LogP contribution in [0.25, 0.3) is 0 Å². The van der Waals surface area contributed by atoms with Gasteiger partial charge in [-0.2, -0.15) is 0 Å². The number of hydrogen-bond acceptors (Lipinski definition) is 4. The van der Waals surface area contributed by atoms with Crippen LogP contribution in [0, 0.1) is 5.92 Å². The van der Waals surface area contributed by atoms with Crippen molar-refractivity contribution in [3.63, 3.8) is 0 Å². The normalized spacial score (nSPS) is 16.4. The second-order valence-electron chi connectivity index (χ2n) is 8.09. The third kappa shape index (κ3) is 5.25. The zero-order valence-corrected chi connectivity index (χ0v) is 17.7. The Hall–Kier alpha value is -2.73. The highest BCUT2D eigenvalue weighted by Gasteiger charge is 2.21. The van der Waals surface area contributed by atoms with Crippen molar-refractivity contribution in [2.45, 2.75) is 32.9 Å². The maximum absolute atomic E-state index is 12.7. The van der Waals surface area contributed by atoms with Gasteiger partial charge in [0.1, 0.15) is 0 Å². The lowest BCUT2D eigenvalue weighted by atomic mass is 9.96. The summed E-state index contributed by atoms with van der Waals surface area (Å²) < 4.78 is 10.8. The molecule has 0 spiro atoms. The van der Waals surface area contributed by atoms with Crippen LogP contribution in [0.2, 0.25) is 0 Å². The molecule has 2 aliphatic rings. The van der Waals surface area contributed by atoms with Crippen LogP contribution < -0.4 is 14.8 Å². The van der Waals surface area contributed by atoms with Gasteiger partial charge in [-0.15, -0.1) is 0 Å². The zero-order chi connectivity index (χ0) is 20.8. The van der Waals surface area contributed by atoms with Crippen molar-refractivity contribution < 1.29 is 14.3 Å². The van der Waals surface area contributed by atoms with Crippen LogP contribution in [-0.4, -0.2) is 48.8 Å². The fraction of sp³-hybridized carbons (Fsp3) is 0.458. The molecule has 30 heavy (non-hydrogen) atoms. The first-order valence-corrected chi connectivity index (χ1v) is 10.9. The lowest BCUT2D eigenvalue weighted by Crippen LogP contribution is -2.43. The minimum atomic E-state index is 0.00174. The summed E-state index contributed by atoms with van der Waals surface area (Å²) in [6.45, 7) is 7.43. The lowest BCUT2D eigenvalue weighted by molar-refractivity contribution is 0.168. The molecule has 2 aromatic carbocycles. The summed E-state index contributed by atoms with van der Waals surface area (Å²) in [6.07, 6.45) is 2.25. The van der Waals surface area contributed by atoms with Gasteiger partial charge in [-0.3, -0.25) is 4.90 Å². The van der Waals surface area contributed by atoms with Gasteiger partial charge in [0.15, 0.2) is 11.5 Å². The maximum atomic E-state index is 12.7. The second kappa shape index (κ2) is 9.85. The first-order valence-electron chi connectivity index (χ1n) is 10.9. The molecule has 0 bridgehead atoms. The number of piperidine rings is 1. The molecule has 1 fully saturated rings. The number of nitrogens with one attached hydrogen (secondary N) is 1. The van der Waals surface area contributed by atoms with Crippen molar-refractivity contribution in [1.82, 2.24) is 15.1 Å². The van der Waals surface area contributed by atoms with E-state index in [4.69, 9.17) is 9.47 Å². The Bertz CT molecular complexity index is 835. The first kappa shape index (κ1) is 20.5. The molecule has 6 nitrogen and oxygen atoms in total. The topological polar surface area (TPSA) is 54.0 Å². The van der Waals surface area contributed by atoms with E-state index in [1.165, 1.54) is 5.56 Å². The number of amides is 2. The minimum absolute atomic E-state index is 0.00174. The number of benzene rings is 2. The summed E-state index contributed by atoms with van der Waals surface area (Å²) >= 11 is 0. The highest BCUT2D eigenvalue weighted by Crippen LogP contribution is 2.32. The molecule has 1 N–H and O–H groups in total. The Morgan fingerprint density at radius 3 is 2.60 bits per heavy atom. The number of carbonyl (C=O) groups excluding carboxylic acids is 1. The van der Waals surface area contributed by atoms with Crippen LogP contribution in [0.15, 0.2) is 48.5 Å². The highest BCUT2D eigenvalue weighted by atomic mass is 16.7. The minimum Gasteiger partial charge on any atom is -0.454 e. The van der Waals surface area contributed by atoms with Crippen molar-refractivity contribution in [1.29, 1.82) is 0 Å². The van der Waals surface area contributed by atoms with Crippen LogP contribution in [0.1, 0.15) is 30.9 Å². The SMILES string of the molecule is CCN(Cc1ccc2c(c1)OCO2)C(=O)NCC1CCN(Cc2ccccc2)CC1. The Morgan fingerprint density at radius 1 is 1.07 bits per heavy atom. The Labute approximate surface area is 178 Å². The molecular weight excluding hydrogens is 378 g/mol. The number of fused-ring (bicyclic) bond motifs is 1. The van der Waals surface area contributed by atoms with E-state index >= 15 is 0 Å². The largest absolute Gasteiger partial charge is 0.454 e. The van der Waals surface area contributed by atoms with Gasteiger partial charge < -0.3 is 19.7 Å². The quantitative estimate of drug-likeness (QED) is 0.755. The number of likely N-dealkylation sites (tertiary alicyclic amines) is 1. The van der Waals surface area contributed by atoms with E-state index in [-0.39, 0.29) is 12.8 Å². The van der Waals surface area contributed by atoms with Crippen LogP contribution >= 0.6 is 0 Å². The molecule has 2 amide bonds. The van der Waals surface area contributed by atoms with E-state index < -0.39 is 0 Å². The third-order valence-electron chi connectivity index (χ3n) is 5.98. The third-order valence-corrected chi connectivity index (χ3v) is 5.98. The molecule has 0 radical (unpaired) electrons. The average molecular weight is 410 g/mol. The Kier molecular flexibility index (Phi) is 6.74. The van der Waals surface area contributed by atoms with Crippen LogP contribution in [-0.2, 0) is 13.1 Å². The fourth-order valence-electron chi connectivity index (χ4n) is 4.12. The average Bonchev–Trinajstić information content (AvgIpc) is 3.25. The summed E-state index contributed by atoms with van der Waals surface area (Å²) in [5, 5.41) is 3.15. The van der Waals surface area contributed by atoms with E-state index in [9.17, 15) is 4.79 Å². The molecule has 0 aliphatic carbocycles. The summed E-state index contributed by atoms with van der Waals surface area (Å²) in [7, 11) is 0. The van der Waals surface area contributed by atoms with Crippen molar-refractivity contribution in [2.75, 3.05) is 33.0 Å². The van der Waals surface area contributed by atoms with Gasteiger partial charge in [0.25, 0.3) is 0 Å². The predicted molar refractivity (Wildman–Crippen MR) is 116 cm³/mol.